The Morgan fingerprint density at radius 3 is 2.69 bits per heavy atom. The Morgan fingerprint density at radius 2 is 2.25 bits per heavy atom. The first kappa shape index (κ1) is 12.2. The molecule has 3 N–H and O–H groups in total. The highest BCUT2D eigenvalue weighted by Crippen LogP contribution is 2.01. The van der Waals surface area contributed by atoms with Crippen molar-refractivity contribution in [3.05, 3.63) is 17.5 Å². The number of aliphatic hydroxyl groups excluding tert-OH is 1. The van der Waals surface area contributed by atoms with E-state index in [1.54, 1.807) is 20.0 Å². The Hall–Kier alpha value is -1.89. The molecule has 0 saturated carbocycles. The van der Waals surface area contributed by atoms with Crippen LogP contribution in [0.1, 0.15) is 16.2 Å². The number of hydrogen-bond acceptors (Lipinski definition) is 4. The number of nitrogens with zero attached hydrogens (tertiary/aromatic N) is 2. The van der Waals surface area contributed by atoms with Gasteiger partial charge in [0.1, 0.15) is 5.69 Å². The normalized spacial score (nSPS) is 12.2. The third kappa shape index (κ3) is 2.80. The SMILES string of the molecule is Cc1cc(C(=O)NCC(O)C(=O)O)n(C)n1. The highest BCUT2D eigenvalue weighted by Gasteiger charge is 2.16. The minimum atomic E-state index is -1.60. The van der Waals surface area contributed by atoms with Gasteiger partial charge in [-0.3, -0.25) is 9.48 Å². The van der Waals surface area contributed by atoms with Crippen LogP contribution in [0.25, 0.3) is 0 Å². The third-order valence-corrected chi connectivity index (χ3v) is 1.98. The molecule has 1 aromatic rings. The van der Waals surface area contributed by atoms with E-state index in [4.69, 9.17) is 10.2 Å². The zero-order chi connectivity index (χ0) is 12.3. The van der Waals surface area contributed by atoms with E-state index >= 15 is 0 Å². The van der Waals surface area contributed by atoms with Crippen LogP contribution in [-0.4, -0.2) is 44.5 Å². The molecule has 1 heterocycles. The predicted octanol–water partition coefficient (Wildman–Crippen LogP) is -1.10. The number of aliphatic carboxylic acids is 1. The van der Waals surface area contributed by atoms with Crippen LogP contribution in [0.5, 0.6) is 0 Å². The number of hydrogen-bond donors (Lipinski definition) is 3. The molecule has 0 aliphatic rings. The van der Waals surface area contributed by atoms with Crippen LogP contribution in [0.3, 0.4) is 0 Å². The van der Waals surface area contributed by atoms with Gasteiger partial charge in [0.05, 0.1) is 12.2 Å². The number of amides is 1. The van der Waals surface area contributed by atoms with E-state index in [1.807, 2.05) is 0 Å². The van der Waals surface area contributed by atoms with Gasteiger partial charge in [-0.1, -0.05) is 0 Å². The molecule has 16 heavy (non-hydrogen) atoms. The Bertz CT molecular complexity index is 413. The van der Waals surface area contributed by atoms with Crippen LogP contribution in [0, 0.1) is 6.92 Å². The fourth-order valence-corrected chi connectivity index (χ4v) is 1.19. The van der Waals surface area contributed by atoms with Crippen molar-refractivity contribution in [2.45, 2.75) is 13.0 Å². The van der Waals surface area contributed by atoms with Crippen LogP contribution in [0.4, 0.5) is 0 Å². The van der Waals surface area contributed by atoms with Crippen molar-refractivity contribution in [3.8, 4) is 0 Å². The van der Waals surface area contributed by atoms with Crippen LogP contribution >= 0.6 is 0 Å². The summed E-state index contributed by atoms with van der Waals surface area (Å²) in [5, 5.41) is 23.6. The summed E-state index contributed by atoms with van der Waals surface area (Å²) in [4.78, 5) is 21.8. The topological polar surface area (TPSA) is 104 Å². The fraction of sp³-hybridized carbons (Fsp3) is 0.444. The number of aryl methyl sites for hydroxylation is 2. The van der Waals surface area contributed by atoms with Crippen molar-refractivity contribution < 1.29 is 19.8 Å². The number of nitrogens with one attached hydrogen (secondary N) is 1. The molecule has 0 radical (unpaired) electrons. The number of carboxylic acids is 1. The van der Waals surface area contributed by atoms with Gasteiger partial charge < -0.3 is 15.5 Å². The van der Waals surface area contributed by atoms with Gasteiger partial charge in [0.2, 0.25) is 0 Å². The maximum Gasteiger partial charge on any atom is 0.334 e. The lowest BCUT2D eigenvalue weighted by Crippen LogP contribution is -2.37. The van der Waals surface area contributed by atoms with Gasteiger partial charge in [0.15, 0.2) is 6.10 Å². The van der Waals surface area contributed by atoms with Gasteiger partial charge in [-0.2, -0.15) is 5.10 Å². The first-order valence-corrected chi connectivity index (χ1v) is 4.61. The van der Waals surface area contributed by atoms with Gasteiger partial charge in [-0.15, -0.1) is 0 Å². The number of carbonyl (C=O) groups is 2. The molecule has 0 aliphatic heterocycles. The molecule has 0 aliphatic carbocycles. The summed E-state index contributed by atoms with van der Waals surface area (Å²) in [6.45, 7) is 1.40. The van der Waals surface area contributed by atoms with Gasteiger partial charge in [-0.25, -0.2) is 4.79 Å². The summed E-state index contributed by atoms with van der Waals surface area (Å²) in [5.74, 6) is -1.84. The molecule has 88 valence electrons. The van der Waals surface area contributed by atoms with E-state index in [1.165, 1.54) is 4.68 Å². The first-order valence-electron chi connectivity index (χ1n) is 4.61. The second kappa shape index (κ2) is 4.75. The van der Waals surface area contributed by atoms with E-state index in [2.05, 4.69) is 10.4 Å². The lowest BCUT2D eigenvalue weighted by molar-refractivity contribution is -0.146. The van der Waals surface area contributed by atoms with Gasteiger partial charge in [0.25, 0.3) is 5.91 Å². The zero-order valence-electron chi connectivity index (χ0n) is 8.97. The molecule has 7 nitrogen and oxygen atoms in total. The molecule has 0 spiro atoms. The summed E-state index contributed by atoms with van der Waals surface area (Å²) in [5.41, 5.74) is 1.00. The number of aromatic nitrogens is 2. The minimum absolute atomic E-state index is 0.315. The monoisotopic (exact) mass is 227 g/mol. The molecule has 1 amide bonds. The summed E-state index contributed by atoms with van der Waals surface area (Å²) >= 11 is 0. The van der Waals surface area contributed by atoms with E-state index in [-0.39, 0.29) is 6.54 Å². The van der Waals surface area contributed by atoms with Crippen molar-refractivity contribution in [1.29, 1.82) is 0 Å². The molecule has 1 atom stereocenters. The van der Waals surface area contributed by atoms with Crippen LogP contribution < -0.4 is 5.32 Å². The Balaban J connectivity index is 2.60. The van der Waals surface area contributed by atoms with E-state index in [0.29, 0.717) is 11.4 Å². The molecule has 0 saturated heterocycles. The van der Waals surface area contributed by atoms with Gasteiger partial charge in [0, 0.05) is 7.05 Å². The van der Waals surface area contributed by atoms with Gasteiger partial charge >= 0.3 is 5.97 Å². The standard InChI is InChI=1S/C9H13N3O4/c1-5-3-6(12(2)11-5)8(14)10-4-7(13)9(15)16/h3,7,13H,4H2,1-2H3,(H,10,14)(H,15,16). The molecule has 7 heteroatoms. The number of rotatable bonds is 4. The molecular formula is C9H13N3O4. The smallest absolute Gasteiger partial charge is 0.334 e. The summed E-state index contributed by atoms with van der Waals surface area (Å²) in [6, 6.07) is 1.57. The molecule has 1 rings (SSSR count). The third-order valence-electron chi connectivity index (χ3n) is 1.98. The van der Waals surface area contributed by atoms with E-state index in [0.717, 1.165) is 0 Å². The average Bonchev–Trinajstić information content (AvgIpc) is 2.53. The van der Waals surface area contributed by atoms with Crippen molar-refractivity contribution in [1.82, 2.24) is 15.1 Å². The van der Waals surface area contributed by atoms with E-state index in [9.17, 15) is 9.59 Å². The maximum atomic E-state index is 11.5. The van der Waals surface area contributed by atoms with Crippen LogP contribution in [-0.2, 0) is 11.8 Å². The van der Waals surface area contributed by atoms with Crippen molar-refractivity contribution in [2.75, 3.05) is 6.54 Å². The Labute approximate surface area is 91.7 Å². The molecule has 1 aromatic heterocycles. The second-order valence-corrected chi connectivity index (χ2v) is 3.36. The lowest BCUT2D eigenvalue weighted by Gasteiger charge is -2.07. The molecule has 0 fully saturated rings. The maximum absolute atomic E-state index is 11.5. The van der Waals surface area contributed by atoms with Crippen LogP contribution in [0.15, 0.2) is 6.07 Å². The van der Waals surface area contributed by atoms with Crippen molar-refractivity contribution in [3.63, 3.8) is 0 Å². The quantitative estimate of drug-likeness (QED) is 0.606. The molecular weight excluding hydrogens is 214 g/mol. The first-order chi connectivity index (χ1) is 7.41. The van der Waals surface area contributed by atoms with Crippen molar-refractivity contribution in [2.24, 2.45) is 7.05 Å². The number of carboxylic acid groups (broad SMARTS) is 1. The molecule has 0 bridgehead atoms. The second-order valence-electron chi connectivity index (χ2n) is 3.36. The summed E-state index contributed by atoms with van der Waals surface area (Å²) in [7, 11) is 1.61. The fourth-order valence-electron chi connectivity index (χ4n) is 1.19. The summed E-state index contributed by atoms with van der Waals surface area (Å²) < 4.78 is 1.39. The van der Waals surface area contributed by atoms with E-state index < -0.39 is 18.0 Å². The van der Waals surface area contributed by atoms with Crippen LogP contribution in [0.2, 0.25) is 0 Å². The highest BCUT2D eigenvalue weighted by atomic mass is 16.4. The Morgan fingerprint density at radius 1 is 1.62 bits per heavy atom. The predicted molar refractivity (Wildman–Crippen MR) is 53.9 cm³/mol. The van der Waals surface area contributed by atoms with Gasteiger partial charge in [-0.05, 0) is 13.0 Å². The molecule has 1 unspecified atom stereocenters. The summed E-state index contributed by atoms with van der Waals surface area (Å²) in [6.07, 6.45) is -1.60. The van der Waals surface area contributed by atoms with Crippen molar-refractivity contribution >= 4 is 11.9 Å². The Kier molecular flexibility index (Phi) is 3.62. The zero-order valence-corrected chi connectivity index (χ0v) is 8.97. The number of carbonyl (C=O) groups excluding carboxylic acids is 1. The number of aliphatic hydroxyl groups is 1. The largest absolute Gasteiger partial charge is 0.479 e. The molecule has 0 aromatic carbocycles. The lowest BCUT2D eigenvalue weighted by atomic mass is 10.3. The highest BCUT2D eigenvalue weighted by molar-refractivity contribution is 5.92. The minimum Gasteiger partial charge on any atom is -0.479 e. The average molecular weight is 227 g/mol.